The monoisotopic (exact) mass is 192 g/mol. The van der Waals surface area contributed by atoms with E-state index in [0.717, 1.165) is 36.9 Å². The van der Waals surface area contributed by atoms with Crippen molar-refractivity contribution < 1.29 is 9.90 Å². The molecule has 0 saturated heterocycles. The zero-order chi connectivity index (χ0) is 10.1. The molecule has 2 rings (SSSR count). The van der Waals surface area contributed by atoms with Crippen LogP contribution in [0.4, 0.5) is 5.82 Å². The first-order chi connectivity index (χ1) is 6.68. The minimum absolute atomic E-state index is 0.130. The Morgan fingerprint density at radius 2 is 2.14 bits per heavy atom. The van der Waals surface area contributed by atoms with Crippen LogP contribution in [0, 0.1) is 0 Å². The maximum Gasteiger partial charge on any atom is 0.339 e. The molecule has 1 aromatic heterocycles. The van der Waals surface area contributed by atoms with Gasteiger partial charge in [0.2, 0.25) is 0 Å². The molecule has 0 unspecified atom stereocenters. The van der Waals surface area contributed by atoms with Crippen molar-refractivity contribution in [2.45, 2.75) is 25.7 Å². The molecule has 0 amide bonds. The summed E-state index contributed by atoms with van der Waals surface area (Å²) in [7, 11) is 0. The van der Waals surface area contributed by atoms with E-state index < -0.39 is 5.97 Å². The van der Waals surface area contributed by atoms with E-state index in [9.17, 15) is 4.79 Å². The van der Waals surface area contributed by atoms with Crippen LogP contribution in [-0.2, 0) is 12.8 Å². The van der Waals surface area contributed by atoms with Crippen molar-refractivity contribution in [1.29, 1.82) is 0 Å². The second-order valence-corrected chi connectivity index (χ2v) is 3.54. The lowest BCUT2D eigenvalue weighted by Gasteiger charge is -2.15. The summed E-state index contributed by atoms with van der Waals surface area (Å²) in [4.78, 5) is 14.9. The first kappa shape index (κ1) is 8.99. The maximum atomic E-state index is 10.8. The fourth-order valence-electron chi connectivity index (χ4n) is 1.82. The molecule has 0 aromatic carbocycles. The second-order valence-electron chi connectivity index (χ2n) is 3.54. The molecule has 14 heavy (non-hydrogen) atoms. The van der Waals surface area contributed by atoms with Crippen molar-refractivity contribution in [3.8, 4) is 0 Å². The zero-order valence-electron chi connectivity index (χ0n) is 7.79. The van der Waals surface area contributed by atoms with Crippen molar-refractivity contribution >= 4 is 11.8 Å². The van der Waals surface area contributed by atoms with Crippen LogP contribution >= 0.6 is 0 Å². The summed E-state index contributed by atoms with van der Waals surface area (Å²) < 4.78 is 0. The fourth-order valence-corrected chi connectivity index (χ4v) is 1.82. The Labute approximate surface area is 81.8 Å². The van der Waals surface area contributed by atoms with Gasteiger partial charge in [0, 0.05) is 5.69 Å². The summed E-state index contributed by atoms with van der Waals surface area (Å²) in [5, 5.41) is 8.85. The first-order valence-electron chi connectivity index (χ1n) is 4.70. The normalized spacial score (nSPS) is 14.9. The average molecular weight is 192 g/mol. The van der Waals surface area contributed by atoms with E-state index >= 15 is 0 Å². The standard InChI is InChI=1S/C10H12N2O2/c11-9-7(10(13)14)5-6-3-1-2-4-8(6)12-9/h5H,1-4H2,(H2,11,12)(H,13,14). The number of carboxylic acids is 1. The Balaban J connectivity index is 2.50. The molecule has 0 aliphatic heterocycles. The summed E-state index contributed by atoms with van der Waals surface area (Å²) in [5.74, 6) is -0.860. The van der Waals surface area contributed by atoms with E-state index in [1.807, 2.05) is 0 Å². The average Bonchev–Trinajstić information content (AvgIpc) is 2.16. The number of nitrogens with zero attached hydrogens (tertiary/aromatic N) is 1. The van der Waals surface area contributed by atoms with E-state index in [-0.39, 0.29) is 11.4 Å². The first-order valence-corrected chi connectivity index (χ1v) is 4.70. The summed E-state index contributed by atoms with van der Waals surface area (Å²) in [6, 6.07) is 1.67. The van der Waals surface area contributed by atoms with Gasteiger partial charge in [0.05, 0.1) is 0 Å². The highest BCUT2D eigenvalue weighted by Gasteiger charge is 2.16. The van der Waals surface area contributed by atoms with Crippen LogP contribution in [-0.4, -0.2) is 16.1 Å². The number of fused-ring (bicyclic) bond motifs is 1. The second kappa shape index (κ2) is 3.29. The molecule has 1 heterocycles. The number of nitrogen functional groups attached to an aromatic ring is 1. The van der Waals surface area contributed by atoms with Crippen molar-refractivity contribution in [2.24, 2.45) is 0 Å². The van der Waals surface area contributed by atoms with Gasteiger partial charge in [-0.1, -0.05) is 0 Å². The van der Waals surface area contributed by atoms with E-state index in [4.69, 9.17) is 10.8 Å². The summed E-state index contributed by atoms with van der Waals surface area (Å²) in [6.45, 7) is 0. The Hall–Kier alpha value is -1.58. The van der Waals surface area contributed by atoms with Gasteiger partial charge in [-0.25, -0.2) is 9.78 Å². The molecule has 3 N–H and O–H groups in total. The molecular formula is C10H12N2O2. The molecule has 0 radical (unpaired) electrons. The molecule has 0 fully saturated rings. The van der Waals surface area contributed by atoms with Gasteiger partial charge >= 0.3 is 5.97 Å². The number of carboxylic acid groups (broad SMARTS) is 1. The van der Waals surface area contributed by atoms with Gasteiger partial charge in [0.15, 0.2) is 0 Å². The number of nitrogens with two attached hydrogens (primary N) is 1. The zero-order valence-corrected chi connectivity index (χ0v) is 7.79. The Bertz CT molecular complexity index is 388. The van der Waals surface area contributed by atoms with Gasteiger partial charge in [0.1, 0.15) is 11.4 Å². The fraction of sp³-hybridized carbons (Fsp3) is 0.400. The van der Waals surface area contributed by atoms with Crippen LogP contribution in [0.25, 0.3) is 0 Å². The molecule has 1 aromatic rings. The summed E-state index contributed by atoms with van der Waals surface area (Å²) in [6.07, 6.45) is 4.06. The minimum atomic E-state index is -0.997. The highest BCUT2D eigenvalue weighted by atomic mass is 16.4. The third-order valence-electron chi connectivity index (χ3n) is 2.56. The molecule has 0 atom stereocenters. The molecule has 0 saturated carbocycles. The number of aromatic nitrogens is 1. The number of rotatable bonds is 1. The molecule has 4 heteroatoms. The van der Waals surface area contributed by atoms with Crippen LogP contribution in [0.3, 0.4) is 0 Å². The molecule has 1 aliphatic rings. The number of hydrogen-bond acceptors (Lipinski definition) is 3. The van der Waals surface area contributed by atoms with Crippen molar-refractivity contribution in [2.75, 3.05) is 5.73 Å². The van der Waals surface area contributed by atoms with Gasteiger partial charge in [0.25, 0.3) is 0 Å². The number of anilines is 1. The van der Waals surface area contributed by atoms with Gasteiger partial charge in [-0.05, 0) is 37.3 Å². The predicted octanol–water partition coefficient (Wildman–Crippen LogP) is 1.24. The van der Waals surface area contributed by atoms with E-state index in [2.05, 4.69) is 4.98 Å². The third-order valence-corrected chi connectivity index (χ3v) is 2.56. The van der Waals surface area contributed by atoms with E-state index in [1.165, 1.54) is 0 Å². The minimum Gasteiger partial charge on any atom is -0.478 e. The quantitative estimate of drug-likeness (QED) is 0.701. The van der Waals surface area contributed by atoms with Crippen molar-refractivity contribution in [3.05, 3.63) is 22.9 Å². The lowest BCUT2D eigenvalue weighted by atomic mass is 9.95. The van der Waals surface area contributed by atoms with Crippen LogP contribution in [0.2, 0.25) is 0 Å². The van der Waals surface area contributed by atoms with Crippen molar-refractivity contribution in [1.82, 2.24) is 4.98 Å². The number of carbonyl (C=O) groups is 1. The topological polar surface area (TPSA) is 76.2 Å². The Morgan fingerprint density at radius 3 is 2.86 bits per heavy atom. The molecular weight excluding hydrogens is 180 g/mol. The maximum absolute atomic E-state index is 10.8. The number of pyridine rings is 1. The molecule has 1 aliphatic carbocycles. The number of aryl methyl sites for hydroxylation is 2. The summed E-state index contributed by atoms with van der Waals surface area (Å²) in [5.41, 5.74) is 7.70. The van der Waals surface area contributed by atoms with Crippen molar-refractivity contribution in [3.63, 3.8) is 0 Å². The third kappa shape index (κ3) is 1.43. The summed E-state index contributed by atoms with van der Waals surface area (Å²) >= 11 is 0. The highest BCUT2D eigenvalue weighted by Crippen LogP contribution is 2.23. The lowest BCUT2D eigenvalue weighted by Crippen LogP contribution is -2.12. The number of aromatic carboxylic acids is 1. The molecule has 0 spiro atoms. The van der Waals surface area contributed by atoms with Gasteiger partial charge in [-0.3, -0.25) is 0 Å². The van der Waals surface area contributed by atoms with Crippen LogP contribution in [0.1, 0.15) is 34.5 Å². The van der Waals surface area contributed by atoms with E-state index in [0.29, 0.717) is 0 Å². The number of hydrogen-bond donors (Lipinski definition) is 2. The van der Waals surface area contributed by atoms with Gasteiger partial charge in [-0.2, -0.15) is 0 Å². The molecule has 74 valence electrons. The molecule has 0 bridgehead atoms. The van der Waals surface area contributed by atoms with Crippen LogP contribution < -0.4 is 5.73 Å². The SMILES string of the molecule is Nc1nc2c(cc1C(=O)O)CCCC2. The van der Waals surface area contributed by atoms with Gasteiger partial charge in [-0.15, -0.1) is 0 Å². The molecule has 4 nitrogen and oxygen atoms in total. The lowest BCUT2D eigenvalue weighted by molar-refractivity contribution is 0.0697. The van der Waals surface area contributed by atoms with Gasteiger partial charge < -0.3 is 10.8 Å². The highest BCUT2D eigenvalue weighted by molar-refractivity contribution is 5.92. The van der Waals surface area contributed by atoms with Crippen LogP contribution in [0.5, 0.6) is 0 Å². The van der Waals surface area contributed by atoms with Crippen LogP contribution in [0.15, 0.2) is 6.07 Å². The Morgan fingerprint density at radius 1 is 1.43 bits per heavy atom. The predicted molar refractivity (Wildman–Crippen MR) is 52.3 cm³/mol. The van der Waals surface area contributed by atoms with E-state index in [1.54, 1.807) is 6.07 Å². The smallest absolute Gasteiger partial charge is 0.339 e. The Kier molecular flexibility index (Phi) is 2.11. The largest absolute Gasteiger partial charge is 0.478 e.